The molecule has 0 saturated carbocycles. The molecule has 1 amide bonds. The van der Waals surface area contributed by atoms with Crippen LogP contribution in [0.5, 0.6) is 0 Å². The molecule has 0 aromatic heterocycles. The van der Waals surface area contributed by atoms with E-state index in [-0.39, 0.29) is 18.1 Å². The van der Waals surface area contributed by atoms with Crippen LogP contribution in [0.3, 0.4) is 0 Å². The van der Waals surface area contributed by atoms with Gasteiger partial charge >= 0.3 is 5.97 Å². The zero-order valence-corrected chi connectivity index (χ0v) is 14.0. The van der Waals surface area contributed by atoms with Crippen molar-refractivity contribution in [1.29, 1.82) is 0 Å². The molecule has 5 nitrogen and oxygen atoms in total. The predicted molar refractivity (Wildman–Crippen MR) is 83.2 cm³/mol. The summed E-state index contributed by atoms with van der Waals surface area (Å²) in [4.78, 5) is 34.5. The topological polar surface area (TPSA) is 72.5 Å². The Morgan fingerprint density at radius 1 is 1.14 bits per heavy atom. The Labute approximate surface area is 134 Å². The SMILES string of the molecule is O=C(CCCCCCCCBr)CC(=O)N[C@H]1CCOC1=O. The van der Waals surface area contributed by atoms with E-state index in [9.17, 15) is 14.4 Å². The van der Waals surface area contributed by atoms with Gasteiger partial charge in [-0.15, -0.1) is 0 Å². The van der Waals surface area contributed by atoms with E-state index < -0.39 is 12.0 Å². The molecule has 21 heavy (non-hydrogen) atoms. The second-order valence-electron chi connectivity index (χ2n) is 5.35. The second-order valence-corrected chi connectivity index (χ2v) is 6.15. The van der Waals surface area contributed by atoms with Crippen LogP contribution in [0, 0.1) is 0 Å². The lowest BCUT2D eigenvalue weighted by Crippen LogP contribution is -2.38. The van der Waals surface area contributed by atoms with Gasteiger partial charge in [-0.1, -0.05) is 41.6 Å². The van der Waals surface area contributed by atoms with E-state index >= 15 is 0 Å². The van der Waals surface area contributed by atoms with Crippen LogP contribution in [0.1, 0.15) is 57.8 Å². The van der Waals surface area contributed by atoms with Gasteiger partial charge in [0.15, 0.2) is 0 Å². The summed E-state index contributed by atoms with van der Waals surface area (Å²) in [6.45, 7) is 0.340. The molecule has 0 radical (unpaired) electrons. The minimum absolute atomic E-state index is 0.0562. The number of esters is 1. The third kappa shape index (κ3) is 8.19. The van der Waals surface area contributed by atoms with E-state index in [2.05, 4.69) is 21.2 Å². The van der Waals surface area contributed by atoms with Crippen molar-refractivity contribution in [3.63, 3.8) is 0 Å². The minimum Gasteiger partial charge on any atom is -0.464 e. The summed E-state index contributed by atoms with van der Waals surface area (Å²) in [7, 11) is 0. The highest BCUT2D eigenvalue weighted by Crippen LogP contribution is 2.10. The maximum atomic E-state index is 11.7. The fourth-order valence-corrected chi connectivity index (χ4v) is 2.66. The first kappa shape index (κ1) is 18.1. The van der Waals surface area contributed by atoms with Gasteiger partial charge in [0, 0.05) is 18.2 Å². The number of hydrogen-bond donors (Lipinski definition) is 1. The van der Waals surface area contributed by atoms with Crippen LogP contribution in [-0.4, -0.2) is 35.6 Å². The van der Waals surface area contributed by atoms with Gasteiger partial charge in [0.25, 0.3) is 0 Å². The minimum atomic E-state index is -0.570. The number of Topliss-reactive ketones (excluding diaryl/α,β-unsaturated/α-hetero) is 1. The molecule has 1 aliphatic rings. The summed E-state index contributed by atoms with van der Waals surface area (Å²) in [5.41, 5.74) is 0. The van der Waals surface area contributed by atoms with Gasteiger partial charge in [-0.2, -0.15) is 0 Å². The molecule has 0 aromatic carbocycles. The van der Waals surface area contributed by atoms with E-state index in [0.717, 1.165) is 24.6 Å². The average molecular weight is 362 g/mol. The fourth-order valence-electron chi connectivity index (χ4n) is 2.26. The fraction of sp³-hybridized carbons (Fsp3) is 0.800. The first-order chi connectivity index (χ1) is 10.1. The lowest BCUT2D eigenvalue weighted by molar-refractivity contribution is -0.142. The maximum Gasteiger partial charge on any atom is 0.328 e. The molecule has 1 fully saturated rings. The average Bonchev–Trinajstić information content (AvgIpc) is 2.83. The van der Waals surface area contributed by atoms with Crippen LogP contribution in [0.25, 0.3) is 0 Å². The number of ketones is 1. The molecule has 0 aromatic rings. The van der Waals surface area contributed by atoms with Crippen molar-refractivity contribution in [2.75, 3.05) is 11.9 Å². The van der Waals surface area contributed by atoms with E-state index in [4.69, 9.17) is 4.74 Å². The molecule has 120 valence electrons. The standard InChI is InChI=1S/C15H24BrNO4/c16-9-6-4-2-1-3-5-7-12(18)11-14(19)17-13-8-10-21-15(13)20/h13H,1-11H2,(H,17,19)/t13-/m0/s1. The number of nitrogens with one attached hydrogen (secondary N) is 1. The second kappa shape index (κ2) is 10.8. The zero-order chi connectivity index (χ0) is 15.5. The van der Waals surface area contributed by atoms with Gasteiger partial charge in [0.1, 0.15) is 11.8 Å². The molecule has 1 heterocycles. The highest BCUT2D eigenvalue weighted by atomic mass is 79.9. The molecule has 1 rings (SSSR count). The van der Waals surface area contributed by atoms with E-state index in [1.807, 2.05) is 0 Å². The Balaban J connectivity index is 2.02. The quantitative estimate of drug-likeness (QED) is 0.265. The van der Waals surface area contributed by atoms with Gasteiger partial charge in [0.2, 0.25) is 5.91 Å². The number of cyclic esters (lactones) is 1. The van der Waals surface area contributed by atoms with Crippen molar-refractivity contribution in [2.45, 2.75) is 63.8 Å². The molecule has 0 spiro atoms. The van der Waals surface area contributed by atoms with Crippen molar-refractivity contribution in [2.24, 2.45) is 0 Å². The van der Waals surface area contributed by atoms with Gasteiger partial charge in [-0.25, -0.2) is 4.79 Å². The highest BCUT2D eigenvalue weighted by molar-refractivity contribution is 9.09. The summed E-state index contributed by atoms with van der Waals surface area (Å²) in [6.07, 6.45) is 7.43. The summed E-state index contributed by atoms with van der Waals surface area (Å²) in [5, 5.41) is 3.60. The van der Waals surface area contributed by atoms with E-state index in [1.165, 1.54) is 19.3 Å². The maximum absolute atomic E-state index is 11.7. The van der Waals surface area contributed by atoms with Crippen molar-refractivity contribution in [3.05, 3.63) is 0 Å². The molecule has 6 heteroatoms. The monoisotopic (exact) mass is 361 g/mol. The largest absolute Gasteiger partial charge is 0.464 e. The Morgan fingerprint density at radius 3 is 2.43 bits per heavy atom. The van der Waals surface area contributed by atoms with Crippen LogP contribution in [-0.2, 0) is 19.1 Å². The molecular weight excluding hydrogens is 338 g/mol. The summed E-state index contributed by atoms with van der Waals surface area (Å²) in [5.74, 6) is -0.834. The number of ether oxygens (including phenoxy) is 1. The predicted octanol–water partition coefficient (Wildman–Crippen LogP) is 2.50. The summed E-state index contributed by atoms with van der Waals surface area (Å²) >= 11 is 3.40. The number of hydrogen-bond acceptors (Lipinski definition) is 4. The normalized spacial score (nSPS) is 17.6. The van der Waals surface area contributed by atoms with Gasteiger partial charge in [-0.3, -0.25) is 9.59 Å². The molecule has 1 N–H and O–H groups in total. The Morgan fingerprint density at radius 2 is 1.81 bits per heavy atom. The van der Waals surface area contributed by atoms with E-state index in [0.29, 0.717) is 19.4 Å². The van der Waals surface area contributed by atoms with E-state index in [1.54, 1.807) is 0 Å². The number of alkyl halides is 1. The molecule has 1 saturated heterocycles. The molecule has 1 atom stereocenters. The molecule has 1 aliphatic heterocycles. The Kier molecular flexibility index (Phi) is 9.30. The third-order valence-corrected chi connectivity index (χ3v) is 4.03. The van der Waals surface area contributed by atoms with Crippen LogP contribution < -0.4 is 5.32 Å². The van der Waals surface area contributed by atoms with Crippen LogP contribution >= 0.6 is 15.9 Å². The molecule has 0 unspecified atom stereocenters. The zero-order valence-electron chi connectivity index (χ0n) is 12.4. The number of amides is 1. The van der Waals surface area contributed by atoms with Crippen molar-refractivity contribution < 1.29 is 19.1 Å². The first-order valence-electron chi connectivity index (χ1n) is 7.67. The number of carbonyl (C=O) groups excluding carboxylic acids is 3. The van der Waals surface area contributed by atoms with Crippen LogP contribution in [0.15, 0.2) is 0 Å². The van der Waals surface area contributed by atoms with Crippen molar-refractivity contribution in [1.82, 2.24) is 5.32 Å². The lowest BCUT2D eigenvalue weighted by Gasteiger charge is -2.08. The van der Waals surface area contributed by atoms with Gasteiger partial charge < -0.3 is 10.1 Å². The number of rotatable bonds is 11. The van der Waals surface area contributed by atoms with Crippen LogP contribution in [0.4, 0.5) is 0 Å². The highest BCUT2D eigenvalue weighted by Gasteiger charge is 2.28. The van der Waals surface area contributed by atoms with Gasteiger partial charge in [0.05, 0.1) is 13.0 Å². The van der Waals surface area contributed by atoms with Crippen LogP contribution in [0.2, 0.25) is 0 Å². The molecule has 0 bridgehead atoms. The van der Waals surface area contributed by atoms with Crippen molar-refractivity contribution >= 4 is 33.6 Å². The Hall–Kier alpha value is -0.910. The molecular formula is C15H24BrNO4. The Bertz CT molecular complexity index is 360. The number of halogens is 1. The van der Waals surface area contributed by atoms with Gasteiger partial charge in [-0.05, 0) is 12.8 Å². The number of carbonyl (C=O) groups is 3. The lowest BCUT2D eigenvalue weighted by atomic mass is 10.1. The third-order valence-electron chi connectivity index (χ3n) is 3.47. The summed E-state index contributed by atoms with van der Waals surface area (Å²) in [6, 6.07) is -0.570. The number of unbranched alkanes of at least 4 members (excludes halogenated alkanes) is 5. The smallest absolute Gasteiger partial charge is 0.328 e. The van der Waals surface area contributed by atoms with Crippen molar-refractivity contribution in [3.8, 4) is 0 Å². The molecule has 0 aliphatic carbocycles. The summed E-state index contributed by atoms with van der Waals surface area (Å²) < 4.78 is 4.75. The first-order valence-corrected chi connectivity index (χ1v) is 8.79.